The molecular weight excluding hydrogens is 252 g/mol. The molecule has 0 unspecified atom stereocenters. The predicted molar refractivity (Wildman–Crippen MR) is 76.7 cm³/mol. The second-order valence-electron chi connectivity index (χ2n) is 5.73. The fourth-order valence-corrected chi connectivity index (χ4v) is 3.37. The van der Waals surface area contributed by atoms with Gasteiger partial charge in [0.1, 0.15) is 0 Å². The molecule has 0 aromatic heterocycles. The van der Waals surface area contributed by atoms with Gasteiger partial charge in [0.25, 0.3) is 5.91 Å². The first-order chi connectivity index (χ1) is 9.60. The van der Waals surface area contributed by atoms with Crippen LogP contribution in [0.4, 0.5) is 0 Å². The van der Waals surface area contributed by atoms with Crippen molar-refractivity contribution in [1.29, 1.82) is 0 Å². The minimum atomic E-state index is -0.914. The standard InChI is InChI=1S/C16H18N2O2/c17-15(20)14(19)9-13-12-6-2-1-5-11(12)10-16(18-13)7-3-4-8-16/h1-2,5-6,9,18H,3-4,7-8,10H2,(H2,17,20)/b13-9-. The highest BCUT2D eigenvalue weighted by molar-refractivity contribution is 6.41. The predicted octanol–water partition coefficient (Wildman–Crippen LogP) is 1.54. The third-order valence-electron chi connectivity index (χ3n) is 4.32. The Balaban J connectivity index is 2.04. The van der Waals surface area contributed by atoms with Crippen LogP contribution in [-0.4, -0.2) is 17.2 Å². The summed E-state index contributed by atoms with van der Waals surface area (Å²) in [5, 5.41) is 3.50. The summed E-state index contributed by atoms with van der Waals surface area (Å²) in [5.74, 6) is -1.57. The lowest BCUT2D eigenvalue weighted by molar-refractivity contribution is -0.133. The van der Waals surface area contributed by atoms with E-state index in [0.29, 0.717) is 0 Å². The van der Waals surface area contributed by atoms with E-state index in [2.05, 4.69) is 11.4 Å². The van der Waals surface area contributed by atoms with Crippen LogP contribution < -0.4 is 11.1 Å². The molecule has 4 nitrogen and oxygen atoms in total. The van der Waals surface area contributed by atoms with Crippen molar-refractivity contribution < 1.29 is 9.59 Å². The molecule has 1 amide bonds. The molecule has 3 N–H and O–H groups in total. The van der Waals surface area contributed by atoms with Crippen LogP contribution in [0.5, 0.6) is 0 Å². The zero-order valence-electron chi connectivity index (χ0n) is 11.3. The normalized spacial score (nSPS) is 21.5. The Hall–Kier alpha value is -2.10. The quantitative estimate of drug-likeness (QED) is 0.632. The maximum absolute atomic E-state index is 11.6. The van der Waals surface area contributed by atoms with Gasteiger partial charge in [-0.15, -0.1) is 0 Å². The van der Waals surface area contributed by atoms with Crippen molar-refractivity contribution in [3.63, 3.8) is 0 Å². The number of hydrogen-bond acceptors (Lipinski definition) is 3. The molecule has 1 fully saturated rings. The second kappa shape index (κ2) is 4.78. The van der Waals surface area contributed by atoms with E-state index in [1.807, 2.05) is 18.2 Å². The van der Waals surface area contributed by atoms with E-state index in [-0.39, 0.29) is 5.54 Å². The van der Waals surface area contributed by atoms with Crippen LogP contribution in [-0.2, 0) is 16.0 Å². The average Bonchev–Trinajstić information content (AvgIpc) is 2.86. The van der Waals surface area contributed by atoms with Gasteiger partial charge in [0.05, 0.1) is 0 Å². The zero-order chi connectivity index (χ0) is 14.2. The van der Waals surface area contributed by atoms with Crippen LogP contribution in [0.15, 0.2) is 30.3 Å². The molecule has 4 heteroatoms. The molecular formula is C16H18N2O2. The number of benzene rings is 1. The van der Waals surface area contributed by atoms with Crippen molar-refractivity contribution in [1.82, 2.24) is 5.32 Å². The van der Waals surface area contributed by atoms with Crippen LogP contribution in [0.25, 0.3) is 5.70 Å². The largest absolute Gasteiger partial charge is 0.379 e. The van der Waals surface area contributed by atoms with Gasteiger partial charge < -0.3 is 11.1 Å². The molecule has 1 aliphatic heterocycles. The molecule has 1 aliphatic carbocycles. The first-order valence-corrected chi connectivity index (χ1v) is 7.02. The molecule has 0 saturated heterocycles. The minimum Gasteiger partial charge on any atom is -0.379 e. The molecule has 1 heterocycles. The molecule has 0 radical (unpaired) electrons. The average molecular weight is 270 g/mol. The summed E-state index contributed by atoms with van der Waals surface area (Å²) in [5.41, 5.74) is 8.06. The van der Waals surface area contributed by atoms with Crippen LogP contribution in [0.1, 0.15) is 36.8 Å². The number of carbonyl (C=O) groups is 2. The maximum Gasteiger partial charge on any atom is 0.289 e. The summed E-state index contributed by atoms with van der Waals surface area (Å²) < 4.78 is 0. The Kier molecular flexibility index (Phi) is 3.08. The second-order valence-corrected chi connectivity index (χ2v) is 5.73. The van der Waals surface area contributed by atoms with Crippen LogP contribution in [0, 0.1) is 0 Å². The Bertz CT molecular complexity index is 598. The van der Waals surface area contributed by atoms with Gasteiger partial charge in [0.15, 0.2) is 0 Å². The van der Waals surface area contributed by atoms with Gasteiger partial charge >= 0.3 is 0 Å². The summed E-state index contributed by atoms with van der Waals surface area (Å²) in [6.07, 6.45) is 6.93. The first kappa shape index (κ1) is 12.9. The molecule has 1 saturated carbocycles. The summed E-state index contributed by atoms with van der Waals surface area (Å²) in [6, 6.07) is 8.03. The summed E-state index contributed by atoms with van der Waals surface area (Å²) >= 11 is 0. The number of amides is 1. The van der Waals surface area contributed by atoms with Gasteiger partial charge in [-0.25, -0.2) is 0 Å². The highest BCUT2D eigenvalue weighted by Crippen LogP contribution is 2.39. The van der Waals surface area contributed by atoms with E-state index >= 15 is 0 Å². The Labute approximate surface area is 118 Å². The smallest absolute Gasteiger partial charge is 0.289 e. The number of ketones is 1. The Morgan fingerprint density at radius 1 is 1.20 bits per heavy atom. The van der Waals surface area contributed by atoms with Gasteiger partial charge in [0, 0.05) is 22.9 Å². The van der Waals surface area contributed by atoms with Crippen LogP contribution in [0.2, 0.25) is 0 Å². The van der Waals surface area contributed by atoms with Crippen molar-refractivity contribution in [2.45, 2.75) is 37.6 Å². The van der Waals surface area contributed by atoms with E-state index in [1.165, 1.54) is 24.5 Å². The number of nitrogens with two attached hydrogens (primary N) is 1. The van der Waals surface area contributed by atoms with Gasteiger partial charge in [-0.2, -0.15) is 0 Å². The van der Waals surface area contributed by atoms with Crippen molar-refractivity contribution in [2.75, 3.05) is 0 Å². The lowest BCUT2D eigenvalue weighted by Gasteiger charge is -2.38. The summed E-state index contributed by atoms with van der Waals surface area (Å²) in [7, 11) is 0. The number of primary amides is 1. The lowest BCUT2D eigenvalue weighted by Crippen LogP contribution is -2.47. The highest BCUT2D eigenvalue weighted by atomic mass is 16.2. The highest BCUT2D eigenvalue weighted by Gasteiger charge is 2.38. The zero-order valence-corrected chi connectivity index (χ0v) is 11.3. The molecule has 3 rings (SSSR count). The number of carbonyl (C=O) groups excluding carboxylic acids is 2. The number of hydrogen-bond donors (Lipinski definition) is 2. The first-order valence-electron chi connectivity index (χ1n) is 7.02. The minimum absolute atomic E-state index is 0.0398. The van der Waals surface area contributed by atoms with Gasteiger partial charge in [-0.3, -0.25) is 9.59 Å². The Morgan fingerprint density at radius 2 is 1.90 bits per heavy atom. The summed E-state index contributed by atoms with van der Waals surface area (Å²) in [6.45, 7) is 0. The van der Waals surface area contributed by atoms with Crippen LogP contribution >= 0.6 is 0 Å². The number of nitrogens with one attached hydrogen (secondary N) is 1. The van der Waals surface area contributed by atoms with Gasteiger partial charge in [-0.1, -0.05) is 37.1 Å². The molecule has 1 aromatic rings. The van der Waals surface area contributed by atoms with E-state index < -0.39 is 11.7 Å². The SMILES string of the molecule is NC(=O)C(=O)/C=C1\NC2(CCCC2)Cc2ccccc21. The number of rotatable bonds is 2. The van der Waals surface area contributed by atoms with Gasteiger partial charge in [-0.05, 0) is 24.8 Å². The molecule has 0 atom stereocenters. The third-order valence-corrected chi connectivity index (χ3v) is 4.32. The molecule has 104 valence electrons. The van der Waals surface area contributed by atoms with E-state index in [4.69, 9.17) is 5.73 Å². The Morgan fingerprint density at radius 3 is 2.60 bits per heavy atom. The molecule has 1 spiro atoms. The van der Waals surface area contributed by atoms with Gasteiger partial charge in [0.2, 0.25) is 5.78 Å². The molecule has 20 heavy (non-hydrogen) atoms. The monoisotopic (exact) mass is 270 g/mol. The fraction of sp³-hybridized carbons (Fsp3) is 0.375. The van der Waals surface area contributed by atoms with E-state index in [1.54, 1.807) is 0 Å². The maximum atomic E-state index is 11.6. The lowest BCUT2D eigenvalue weighted by atomic mass is 9.82. The number of fused-ring (bicyclic) bond motifs is 1. The van der Waals surface area contributed by atoms with Crippen molar-refractivity contribution >= 4 is 17.4 Å². The summed E-state index contributed by atoms with van der Waals surface area (Å²) in [4.78, 5) is 22.6. The molecule has 2 aliphatic rings. The van der Waals surface area contributed by atoms with Crippen molar-refractivity contribution in [3.8, 4) is 0 Å². The van der Waals surface area contributed by atoms with E-state index in [0.717, 1.165) is 30.5 Å². The molecule has 1 aromatic carbocycles. The topological polar surface area (TPSA) is 72.2 Å². The van der Waals surface area contributed by atoms with Crippen molar-refractivity contribution in [3.05, 3.63) is 41.5 Å². The van der Waals surface area contributed by atoms with Crippen LogP contribution in [0.3, 0.4) is 0 Å². The fourth-order valence-electron chi connectivity index (χ4n) is 3.37. The van der Waals surface area contributed by atoms with E-state index in [9.17, 15) is 9.59 Å². The van der Waals surface area contributed by atoms with Crippen molar-refractivity contribution in [2.24, 2.45) is 5.73 Å². The third kappa shape index (κ3) is 2.22. The molecule has 0 bridgehead atoms.